The summed E-state index contributed by atoms with van der Waals surface area (Å²) in [7, 11) is 1.52. The molecule has 0 saturated heterocycles. The molecular weight excluding hydrogens is 250 g/mol. The Morgan fingerprint density at radius 1 is 1.44 bits per heavy atom. The predicted molar refractivity (Wildman–Crippen MR) is 61.0 cm³/mol. The number of halogens is 1. The second-order valence-corrected chi connectivity index (χ2v) is 5.99. The van der Waals surface area contributed by atoms with E-state index in [1.807, 2.05) is 6.92 Å². The van der Waals surface area contributed by atoms with Gasteiger partial charge in [0.25, 0.3) is 9.05 Å². The second kappa shape index (κ2) is 4.07. The van der Waals surface area contributed by atoms with Crippen LogP contribution in [0.4, 0.5) is 0 Å². The van der Waals surface area contributed by atoms with Crippen LogP contribution < -0.4 is 0 Å². The van der Waals surface area contributed by atoms with Crippen molar-refractivity contribution in [1.29, 1.82) is 0 Å². The number of benzene rings is 1. The summed E-state index contributed by atoms with van der Waals surface area (Å²) in [5.41, 5.74) is 1.10. The minimum Gasteiger partial charge on any atom is -0.441 e. The van der Waals surface area contributed by atoms with Crippen LogP contribution in [-0.4, -0.2) is 13.4 Å². The summed E-state index contributed by atoms with van der Waals surface area (Å²) in [5.74, 6) is 0.613. The zero-order valence-electron chi connectivity index (χ0n) is 8.60. The molecule has 0 saturated carbocycles. The van der Waals surface area contributed by atoms with Gasteiger partial charge in [0.2, 0.25) is 0 Å². The second-order valence-electron chi connectivity index (χ2n) is 3.42. The van der Waals surface area contributed by atoms with Crippen LogP contribution >= 0.6 is 10.7 Å². The number of aromatic nitrogens is 1. The third-order valence-electron chi connectivity index (χ3n) is 2.15. The summed E-state index contributed by atoms with van der Waals surface area (Å²) in [4.78, 5) is 4.25. The number of oxazole rings is 1. The molecule has 2 rings (SSSR count). The van der Waals surface area contributed by atoms with Gasteiger partial charge in [-0.15, -0.1) is 0 Å². The Kier molecular flexibility index (Phi) is 2.90. The standard InChI is InChI=1S/C10H10ClNO3S/c1-2-3-10-12-8-5-4-7(16(11,13)14)6-9(8)15-10/h4-6H,2-3H2,1H3. The van der Waals surface area contributed by atoms with Gasteiger partial charge in [-0.3, -0.25) is 0 Å². The number of rotatable bonds is 3. The van der Waals surface area contributed by atoms with E-state index in [9.17, 15) is 8.42 Å². The summed E-state index contributed by atoms with van der Waals surface area (Å²) in [5, 5.41) is 0. The Morgan fingerprint density at radius 3 is 2.81 bits per heavy atom. The Labute approximate surface area is 97.7 Å². The Morgan fingerprint density at radius 2 is 2.19 bits per heavy atom. The molecule has 0 bridgehead atoms. The molecule has 0 N–H and O–H groups in total. The van der Waals surface area contributed by atoms with Crippen molar-refractivity contribution in [3.05, 3.63) is 24.1 Å². The van der Waals surface area contributed by atoms with E-state index in [1.54, 1.807) is 6.07 Å². The highest BCUT2D eigenvalue weighted by Gasteiger charge is 2.13. The molecule has 0 aliphatic heterocycles. The van der Waals surface area contributed by atoms with Crippen LogP contribution in [0, 0.1) is 0 Å². The largest absolute Gasteiger partial charge is 0.441 e. The topological polar surface area (TPSA) is 60.2 Å². The smallest absolute Gasteiger partial charge is 0.261 e. The van der Waals surface area contributed by atoms with E-state index in [4.69, 9.17) is 15.1 Å². The average molecular weight is 260 g/mol. The van der Waals surface area contributed by atoms with E-state index in [2.05, 4.69) is 4.98 Å². The molecule has 0 radical (unpaired) electrons. The Balaban J connectivity index is 2.54. The Hall–Kier alpha value is -1.07. The van der Waals surface area contributed by atoms with Crippen molar-refractivity contribution < 1.29 is 12.8 Å². The molecule has 1 aromatic carbocycles. The number of hydrogen-bond donors (Lipinski definition) is 0. The van der Waals surface area contributed by atoms with Crippen molar-refractivity contribution in [3.8, 4) is 0 Å². The third kappa shape index (κ3) is 2.20. The van der Waals surface area contributed by atoms with Crippen molar-refractivity contribution in [1.82, 2.24) is 4.98 Å². The third-order valence-corrected chi connectivity index (χ3v) is 3.50. The molecule has 0 fully saturated rings. The van der Waals surface area contributed by atoms with E-state index >= 15 is 0 Å². The van der Waals surface area contributed by atoms with Gasteiger partial charge < -0.3 is 4.42 Å². The van der Waals surface area contributed by atoms with Gasteiger partial charge in [-0.25, -0.2) is 13.4 Å². The molecule has 2 aromatic rings. The summed E-state index contributed by atoms with van der Waals surface area (Å²) in [6.07, 6.45) is 1.66. The lowest BCUT2D eigenvalue weighted by Gasteiger charge is -1.93. The van der Waals surface area contributed by atoms with Crippen LogP contribution in [0.3, 0.4) is 0 Å². The molecule has 0 atom stereocenters. The van der Waals surface area contributed by atoms with Crippen molar-refractivity contribution >= 4 is 30.8 Å². The van der Waals surface area contributed by atoms with Crippen LogP contribution in [0.1, 0.15) is 19.2 Å². The van der Waals surface area contributed by atoms with Crippen LogP contribution in [-0.2, 0) is 15.5 Å². The monoisotopic (exact) mass is 259 g/mol. The normalized spacial score (nSPS) is 12.1. The molecule has 16 heavy (non-hydrogen) atoms. The highest BCUT2D eigenvalue weighted by atomic mass is 35.7. The summed E-state index contributed by atoms with van der Waals surface area (Å²) in [6.45, 7) is 2.02. The fourth-order valence-electron chi connectivity index (χ4n) is 1.43. The van der Waals surface area contributed by atoms with Gasteiger partial charge in [0, 0.05) is 23.2 Å². The molecule has 0 spiro atoms. The maximum atomic E-state index is 11.1. The fourth-order valence-corrected chi connectivity index (χ4v) is 2.19. The first-order valence-corrected chi connectivity index (χ1v) is 7.16. The molecule has 4 nitrogen and oxygen atoms in total. The lowest BCUT2D eigenvalue weighted by Crippen LogP contribution is -1.88. The lowest BCUT2D eigenvalue weighted by molar-refractivity contribution is 0.524. The first-order chi connectivity index (χ1) is 7.50. The fraction of sp³-hybridized carbons (Fsp3) is 0.300. The number of nitrogens with zero attached hydrogens (tertiary/aromatic N) is 1. The summed E-state index contributed by atoms with van der Waals surface area (Å²) >= 11 is 0. The molecule has 1 heterocycles. The van der Waals surface area contributed by atoms with Crippen LogP contribution in [0.15, 0.2) is 27.5 Å². The van der Waals surface area contributed by atoms with Gasteiger partial charge in [-0.1, -0.05) is 6.92 Å². The molecular formula is C10H10ClNO3S. The van der Waals surface area contributed by atoms with Gasteiger partial charge in [-0.05, 0) is 18.6 Å². The Bertz CT molecular complexity index is 618. The minimum absolute atomic E-state index is 0.0286. The van der Waals surface area contributed by atoms with E-state index in [-0.39, 0.29) is 4.90 Å². The number of fused-ring (bicyclic) bond motifs is 1. The van der Waals surface area contributed by atoms with Gasteiger partial charge in [-0.2, -0.15) is 0 Å². The van der Waals surface area contributed by atoms with Crippen LogP contribution in [0.25, 0.3) is 11.1 Å². The maximum Gasteiger partial charge on any atom is 0.261 e. The molecule has 6 heteroatoms. The molecule has 0 aliphatic carbocycles. The van der Waals surface area contributed by atoms with Gasteiger partial charge >= 0.3 is 0 Å². The average Bonchev–Trinajstić information content (AvgIpc) is 2.57. The number of hydrogen-bond acceptors (Lipinski definition) is 4. The zero-order valence-corrected chi connectivity index (χ0v) is 10.2. The molecule has 0 aliphatic rings. The number of aryl methyl sites for hydroxylation is 1. The van der Waals surface area contributed by atoms with Crippen LogP contribution in [0.5, 0.6) is 0 Å². The molecule has 0 unspecified atom stereocenters. The molecule has 1 aromatic heterocycles. The first kappa shape index (κ1) is 11.4. The highest BCUT2D eigenvalue weighted by Crippen LogP contribution is 2.22. The molecule has 86 valence electrons. The minimum atomic E-state index is -3.71. The SMILES string of the molecule is CCCc1nc2ccc(S(=O)(=O)Cl)cc2o1. The van der Waals surface area contributed by atoms with Gasteiger partial charge in [0.1, 0.15) is 5.52 Å². The van der Waals surface area contributed by atoms with E-state index < -0.39 is 9.05 Å². The first-order valence-electron chi connectivity index (χ1n) is 4.85. The van der Waals surface area contributed by atoms with E-state index in [1.165, 1.54) is 12.1 Å². The quantitative estimate of drug-likeness (QED) is 0.795. The molecule has 0 amide bonds. The van der Waals surface area contributed by atoms with Crippen molar-refractivity contribution in [2.75, 3.05) is 0 Å². The van der Waals surface area contributed by atoms with Gasteiger partial charge in [0.15, 0.2) is 11.5 Å². The summed E-state index contributed by atoms with van der Waals surface area (Å²) in [6, 6.07) is 4.40. The van der Waals surface area contributed by atoms with Crippen molar-refractivity contribution in [2.45, 2.75) is 24.7 Å². The predicted octanol–water partition coefficient (Wildman–Crippen LogP) is 2.71. The highest BCUT2D eigenvalue weighted by molar-refractivity contribution is 8.13. The lowest BCUT2D eigenvalue weighted by atomic mass is 10.3. The zero-order chi connectivity index (χ0) is 11.8. The van der Waals surface area contributed by atoms with Crippen molar-refractivity contribution in [2.24, 2.45) is 0 Å². The van der Waals surface area contributed by atoms with E-state index in [0.29, 0.717) is 17.0 Å². The van der Waals surface area contributed by atoms with Crippen LogP contribution in [0.2, 0.25) is 0 Å². The van der Waals surface area contributed by atoms with Crippen molar-refractivity contribution in [3.63, 3.8) is 0 Å². The summed E-state index contributed by atoms with van der Waals surface area (Å²) < 4.78 is 27.6. The van der Waals surface area contributed by atoms with E-state index in [0.717, 1.165) is 12.8 Å². The van der Waals surface area contributed by atoms with Gasteiger partial charge in [0.05, 0.1) is 4.90 Å². The maximum absolute atomic E-state index is 11.1.